The highest BCUT2D eigenvalue weighted by Gasteiger charge is 2.14. The van der Waals surface area contributed by atoms with Crippen LogP contribution in [0.4, 0.5) is 5.69 Å². The number of carbonyl (C=O) groups excluding carboxylic acids is 1. The van der Waals surface area contributed by atoms with Crippen molar-refractivity contribution >= 4 is 11.6 Å². The summed E-state index contributed by atoms with van der Waals surface area (Å²) in [5, 5.41) is 6.68. The summed E-state index contributed by atoms with van der Waals surface area (Å²) < 4.78 is 1.14. The molecule has 2 rings (SSSR count). The van der Waals surface area contributed by atoms with Crippen molar-refractivity contribution in [1.82, 2.24) is 9.78 Å². The third kappa shape index (κ3) is 3.56. The Kier molecular flexibility index (Phi) is 3.93. The summed E-state index contributed by atoms with van der Waals surface area (Å²) in [4.78, 5) is 23.3. The zero-order valence-electron chi connectivity index (χ0n) is 12.7. The highest BCUT2D eigenvalue weighted by Crippen LogP contribution is 2.23. The van der Waals surface area contributed by atoms with E-state index in [4.69, 9.17) is 0 Å². The van der Waals surface area contributed by atoms with E-state index in [0.717, 1.165) is 4.68 Å². The summed E-state index contributed by atoms with van der Waals surface area (Å²) in [6.07, 6.45) is 0. The lowest BCUT2D eigenvalue weighted by atomic mass is 9.87. The molecule has 0 saturated carbocycles. The van der Waals surface area contributed by atoms with Gasteiger partial charge in [-0.15, -0.1) is 0 Å². The minimum absolute atomic E-state index is 0.0712. The minimum Gasteiger partial charge on any atom is -0.321 e. The number of hydrogen-bond donors (Lipinski definition) is 1. The van der Waals surface area contributed by atoms with Gasteiger partial charge in [0.25, 0.3) is 11.5 Å². The second-order valence-electron chi connectivity index (χ2n) is 5.96. The first-order chi connectivity index (χ1) is 9.77. The molecule has 0 bridgehead atoms. The van der Waals surface area contributed by atoms with Crippen LogP contribution >= 0.6 is 0 Å². The number of hydrogen-bond acceptors (Lipinski definition) is 3. The lowest BCUT2D eigenvalue weighted by molar-refractivity contribution is 0.102. The van der Waals surface area contributed by atoms with Crippen LogP contribution in [-0.4, -0.2) is 15.7 Å². The highest BCUT2D eigenvalue weighted by molar-refractivity contribution is 6.02. The predicted molar refractivity (Wildman–Crippen MR) is 82.6 cm³/mol. The van der Waals surface area contributed by atoms with Gasteiger partial charge in [0.1, 0.15) is 5.69 Å². The number of benzene rings is 1. The molecule has 0 aliphatic heterocycles. The molecule has 1 aromatic carbocycles. The first-order valence-corrected chi connectivity index (χ1v) is 6.73. The van der Waals surface area contributed by atoms with Crippen LogP contribution in [0.2, 0.25) is 0 Å². The van der Waals surface area contributed by atoms with E-state index >= 15 is 0 Å². The summed E-state index contributed by atoms with van der Waals surface area (Å²) in [6.45, 7) is 6.40. The van der Waals surface area contributed by atoms with Gasteiger partial charge in [-0.2, -0.15) is 5.10 Å². The molecule has 2 aromatic rings. The van der Waals surface area contributed by atoms with Gasteiger partial charge in [-0.05, 0) is 29.2 Å². The standard InChI is InChI=1S/C16H19N3O2/c1-16(2,3)11-5-7-12(8-6-11)17-15(21)13-9-10-14(20)19(4)18-13/h5-10H,1-4H3,(H,17,21). The van der Waals surface area contributed by atoms with E-state index in [-0.39, 0.29) is 22.6 Å². The van der Waals surface area contributed by atoms with Gasteiger partial charge >= 0.3 is 0 Å². The van der Waals surface area contributed by atoms with Crippen LogP contribution in [0.15, 0.2) is 41.2 Å². The highest BCUT2D eigenvalue weighted by atomic mass is 16.2. The van der Waals surface area contributed by atoms with Crippen LogP contribution in [0.3, 0.4) is 0 Å². The Morgan fingerprint density at radius 2 is 1.71 bits per heavy atom. The molecule has 5 heteroatoms. The number of anilines is 1. The van der Waals surface area contributed by atoms with Crippen molar-refractivity contribution in [3.8, 4) is 0 Å². The van der Waals surface area contributed by atoms with Gasteiger partial charge in [0.15, 0.2) is 0 Å². The van der Waals surface area contributed by atoms with Crippen molar-refractivity contribution in [3.63, 3.8) is 0 Å². The van der Waals surface area contributed by atoms with Gasteiger partial charge in [0, 0.05) is 18.8 Å². The summed E-state index contributed by atoms with van der Waals surface area (Å²) in [5.74, 6) is -0.339. The number of nitrogens with one attached hydrogen (secondary N) is 1. The summed E-state index contributed by atoms with van der Waals surface area (Å²) >= 11 is 0. The molecule has 0 spiro atoms. The minimum atomic E-state index is -0.339. The van der Waals surface area contributed by atoms with E-state index in [1.165, 1.54) is 24.7 Å². The molecule has 110 valence electrons. The molecular weight excluding hydrogens is 266 g/mol. The average Bonchev–Trinajstić information content (AvgIpc) is 2.41. The maximum absolute atomic E-state index is 12.1. The van der Waals surface area contributed by atoms with E-state index in [1.54, 1.807) is 0 Å². The molecule has 0 unspecified atom stereocenters. The molecule has 0 radical (unpaired) electrons. The van der Waals surface area contributed by atoms with Gasteiger partial charge in [0.2, 0.25) is 0 Å². The molecular formula is C16H19N3O2. The first-order valence-electron chi connectivity index (χ1n) is 6.73. The molecule has 21 heavy (non-hydrogen) atoms. The van der Waals surface area contributed by atoms with Crippen molar-refractivity contribution in [3.05, 3.63) is 58.0 Å². The number of aromatic nitrogens is 2. The van der Waals surface area contributed by atoms with Crippen LogP contribution in [0.1, 0.15) is 36.8 Å². The Labute approximate surface area is 123 Å². The lowest BCUT2D eigenvalue weighted by Gasteiger charge is -2.19. The summed E-state index contributed by atoms with van der Waals surface area (Å²) in [6, 6.07) is 10.4. The lowest BCUT2D eigenvalue weighted by Crippen LogP contribution is -2.23. The van der Waals surface area contributed by atoms with Crippen molar-refractivity contribution in [2.24, 2.45) is 7.05 Å². The fourth-order valence-corrected chi connectivity index (χ4v) is 1.87. The molecule has 5 nitrogen and oxygen atoms in total. The van der Waals surface area contributed by atoms with Crippen molar-refractivity contribution in [1.29, 1.82) is 0 Å². The molecule has 1 aromatic heterocycles. The first kappa shape index (κ1) is 15.0. The number of amides is 1. The third-order valence-corrected chi connectivity index (χ3v) is 3.20. The number of nitrogens with zero attached hydrogens (tertiary/aromatic N) is 2. The van der Waals surface area contributed by atoms with Crippen LogP contribution in [0.5, 0.6) is 0 Å². The molecule has 0 aliphatic rings. The monoisotopic (exact) mass is 285 g/mol. The van der Waals surface area contributed by atoms with Gasteiger partial charge in [-0.3, -0.25) is 9.59 Å². The van der Waals surface area contributed by atoms with Crippen molar-refractivity contribution < 1.29 is 4.79 Å². The van der Waals surface area contributed by atoms with Gasteiger partial charge in [-0.25, -0.2) is 4.68 Å². The molecule has 1 heterocycles. The van der Waals surface area contributed by atoms with E-state index < -0.39 is 0 Å². The van der Waals surface area contributed by atoms with E-state index in [9.17, 15) is 9.59 Å². The van der Waals surface area contributed by atoms with Crippen molar-refractivity contribution in [2.75, 3.05) is 5.32 Å². The van der Waals surface area contributed by atoms with E-state index in [0.29, 0.717) is 5.69 Å². The normalized spacial score (nSPS) is 11.2. The van der Waals surface area contributed by atoms with E-state index in [2.05, 4.69) is 31.2 Å². The molecule has 1 amide bonds. The van der Waals surface area contributed by atoms with Crippen LogP contribution < -0.4 is 10.9 Å². The zero-order chi connectivity index (χ0) is 15.6. The van der Waals surface area contributed by atoms with Gasteiger partial charge in [0.05, 0.1) is 0 Å². The number of carbonyl (C=O) groups is 1. The molecule has 0 fully saturated rings. The fourth-order valence-electron chi connectivity index (χ4n) is 1.87. The van der Waals surface area contributed by atoms with Gasteiger partial charge in [-0.1, -0.05) is 32.9 Å². The second-order valence-corrected chi connectivity index (χ2v) is 5.96. The van der Waals surface area contributed by atoms with Crippen LogP contribution in [0.25, 0.3) is 0 Å². The molecule has 0 aliphatic carbocycles. The molecule has 0 saturated heterocycles. The number of rotatable bonds is 2. The predicted octanol–water partition coefficient (Wildman–Crippen LogP) is 2.33. The average molecular weight is 285 g/mol. The van der Waals surface area contributed by atoms with Crippen molar-refractivity contribution in [2.45, 2.75) is 26.2 Å². The maximum Gasteiger partial charge on any atom is 0.276 e. The quantitative estimate of drug-likeness (QED) is 0.921. The Balaban J connectivity index is 2.16. The topological polar surface area (TPSA) is 64.0 Å². The summed E-state index contributed by atoms with van der Waals surface area (Å²) in [5.41, 5.74) is 1.92. The Bertz CT molecular complexity index is 710. The second kappa shape index (κ2) is 5.52. The SMILES string of the molecule is Cn1nc(C(=O)Nc2ccc(C(C)(C)C)cc2)ccc1=O. The molecule has 0 atom stereocenters. The van der Waals surface area contributed by atoms with Crippen LogP contribution in [0, 0.1) is 0 Å². The Hall–Kier alpha value is -2.43. The molecule has 1 N–H and O–H groups in total. The van der Waals surface area contributed by atoms with E-state index in [1.807, 2.05) is 24.3 Å². The fraction of sp³-hybridized carbons (Fsp3) is 0.312. The largest absolute Gasteiger partial charge is 0.321 e. The smallest absolute Gasteiger partial charge is 0.276 e. The summed E-state index contributed by atoms with van der Waals surface area (Å²) in [7, 11) is 1.51. The Morgan fingerprint density at radius 1 is 1.10 bits per heavy atom. The Morgan fingerprint density at radius 3 is 2.24 bits per heavy atom. The third-order valence-electron chi connectivity index (χ3n) is 3.20. The zero-order valence-corrected chi connectivity index (χ0v) is 12.7. The van der Waals surface area contributed by atoms with Crippen LogP contribution in [-0.2, 0) is 12.5 Å². The maximum atomic E-state index is 12.1. The number of aryl methyl sites for hydroxylation is 1. The van der Waals surface area contributed by atoms with Gasteiger partial charge < -0.3 is 5.32 Å².